The van der Waals surface area contributed by atoms with Crippen molar-refractivity contribution in [3.05, 3.63) is 34.9 Å². The number of amides is 1. The Hall–Kier alpha value is -1.49. The summed E-state index contributed by atoms with van der Waals surface area (Å²) < 4.78 is 17.9. The molecule has 0 aromatic heterocycles. The zero-order valence-corrected chi connectivity index (χ0v) is 11.8. The molecule has 1 unspecified atom stereocenters. The van der Waals surface area contributed by atoms with Gasteiger partial charge in [0.2, 0.25) is 5.96 Å². The number of benzene rings is 1. The van der Waals surface area contributed by atoms with Gasteiger partial charge >= 0.3 is 8.18 Å². The van der Waals surface area contributed by atoms with Crippen molar-refractivity contribution in [3.8, 4) is 0 Å². The highest BCUT2D eigenvalue weighted by molar-refractivity contribution is 7.38. The molecule has 0 spiro atoms. The molecule has 1 N–H and O–H groups in total. The predicted octanol–water partition coefficient (Wildman–Crippen LogP) is 2.22. The Balaban J connectivity index is 1.96. The van der Waals surface area contributed by atoms with Crippen LogP contribution in [-0.4, -0.2) is 35.0 Å². The highest BCUT2D eigenvalue weighted by atomic mass is 35.5. The van der Waals surface area contributed by atoms with Crippen LogP contribution in [0, 0.1) is 5.41 Å². The molecule has 1 aromatic rings. The number of nitrogens with zero attached hydrogens (tertiary/aromatic N) is 2. The summed E-state index contributed by atoms with van der Waals surface area (Å²) in [6.45, 7) is 0.136. The van der Waals surface area contributed by atoms with Crippen LogP contribution in [0.15, 0.2) is 24.3 Å². The summed E-state index contributed by atoms with van der Waals surface area (Å²) in [5.74, 6) is -0.507. The van der Waals surface area contributed by atoms with Crippen LogP contribution in [0.1, 0.15) is 5.56 Å². The normalized spacial score (nSPS) is 16.2. The van der Waals surface area contributed by atoms with Crippen molar-refractivity contribution in [3.63, 3.8) is 0 Å². The summed E-state index contributed by atoms with van der Waals surface area (Å²) in [5, 5.41) is 8.24. The molecule has 0 saturated carbocycles. The van der Waals surface area contributed by atoms with E-state index < -0.39 is 14.1 Å². The first-order valence-corrected chi connectivity index (χ1v) is 6.97. The quantitative estimate of drug-likeness (QED) is 0.865. The topological polar surface area (TPSA) is 73.7 Å². The molecule has 1 saturated heterocycles. The maximum absolute atomic E-state index is 11.9. The fourth-order valence-electron chi connectivity index (χ4n) is 1.56. The van der Waals surface area contributed by atoms with E-state index in [0.717, 1.165) is 10.2 Å². The van der Waals surface area contributed by atoms with E-state index in [9.17, 15) is 9.36 Å². The van der Waals surface area contributed by atoms with Gasteiger partial charge in [-0.15, -0.1) is 4.52 Å². The summed E-state index contributed by atoms with van der Waals surface area (Å²) >= 11 is 5.75. The number of hydrogen-bond acceptors (Lipinski definition) is 4. The van der Waals surface area contributed by atoms with Crippen LogP contribution < -0.4 is 0 Å². The fourth-order valence-corrected chi connectivity index (χ4v) is 2.61. The van der Waals surface area contributed by atoms with Gasteiger partial charge < -0.3 is 4.90 Å². The lowest BCUT2D eigenvalue weighted by Crippen LogP contribution is -2.26. The van der Waals surface area contributed by atoms with E-state index >= 15 is 0 Å². The van der Waals surface area contributed by atoms with E-state index in [4.69, 9.17) is 21.5 Å². The Morgan fingerprint density at radius 2 is 2.05 bits per heavy atom. The Morgan fingerprint density at radius 3 is 2.58 bits per heavy atom. The van der Waals surface area contributed by atoms with Gasteiger partial charge in [-0.3, -0.25) is 10.2 Å². The van der Waals surface area contributed by atoms with Gasteiger partial charge in [0.25, 0.3) is 5.91 Å². The molecule has 1 aliphatic rings. The van der Waals surface area contributed by atoms with Crippen LogP contribution in [0.2, 0.25) is 5.02 Å². The average molecular weight is 301 g/mol. The molecule has 0 bridgehead atoms. The second-order valence-corrected chi connectivity index (χ2v) is 5.59. The molecular weight excluding hydrogens is 289 g/mol. The van der Waals surface area contributed by atoms with E-state index in [1.54, 1.807) is 31.3 Å². The molecule has 6 nitrogen and oxygen atoms in total. The highest BCUT2D eigenvalue weighted by Gasteiger charge is 2.46. The maximum Gasteiger partial charge on any atom is 0.656 e. The molecule has 0 radical (unpaired) electrons. The summed E-state index contributed by atoms with van der Waals surface area (Å²) in [4.78, 5) is 13.0. The van der Waals surface area contributed by atoms with Crippen molar-refractivity contribution in [2.24, 2.45) is 0 Å². The van der Waals surface area contributed by atoms with Crippen LogP contribution in [0.25, 0.3) is 0 Å². The van der Waals surface area contributed by atoms with E-state index in [-0.39, 0.29) is 19.1 Å². The van der Waals surface area contributed by atoms with Gasteiger partial charge in [-0.05, 0) is 26.9 Å². The molecule has 0 aliphatic carbocycles. The van der Waals surface area contributed by atoms with E-state index in [0.29, 0.717) is 5.02 Å². The standard InChI is InChI=1S/C11H12ClN3O3P/c1-14-6-10(16)15(11(14)13)19(17)18-7-8-2-4-9(12)5-3-8/h2-5,13H,6-7H2,1H3/q+1. The van der Waals surface area contributed by atoms with E-state index in [2.05, 4.69) is 0 Å². The molecule has 19 heavy (non-hydrogen) atoms. The number of halogens is 1. The number of hydrogen-bond donors (Lipinski definition) is 1. The first kappa shape index (κ1) is 13.9. The lowest BCUT2D eigenvalue weighted by Gasteiger charge is -2.06. The van der Waals surface area contributed by atoms with Gasteiger partial charge in [-0.1, -0.05) is 23.7 Å². The van der Waals surface area contributed by atoms with Gasteiger partial charge in [0.15, 0.2) is 0 Å². The molecule has 1 aliphatic heterocycles. The Kier molecular flexibility index (Phi) is 4.14. The SMILES string of the molecule is CN1CC(=O)N([P+](=O)OCc2ccc(Cl)cc2)C1=N. The number of likely N-dealkylation sites (N-methyl/N-ethyl adjacent to an activating group) is 1. The van der Waals surface area contributed by atoms with Crippen molar-refractivity contribution < 1.29 is 13.9 Å². The minimum absolute atomic E-state index is 0.0458. The van der Waals surface area contributed by atoms with Crippen LogP contribution in [-0.2, 0) is 20.5 Å². The summed E-state index contributed by atoms with van der Waals surface area (Å²) in [6.07, 6.45) is 0. The van der Waals surface area contributed by atoms with E-state index in [1.165, 1.54) is 4.90 Å². The minimum atomic E-state index is -2.38. The third-order valence-corrected chi connectivity index (χ3v) is 3.93. The summed E-state index contributed by atoms with van der Waals surface area (Å²) in [7, 11) is -0.798. The lowest BCUT2D eigenvalue weighted by molar-refractivity contribution is -0.122. The van der Waals surface area contributed by atoms with Crippen LogP contribution >= 0.6 is 19.8 Å². The summed E-state index contributed by atoms with van der Waals surface area (Å²) in [6, 6.07) is 6.89. The molecule has 1 amide bonds. The third kappa shape index (κ3) is 3.10. The molecule has 1 fully saturated rings. The van der Waals surface area contributed by atoms with Crippen LogP contribution in [0.4, 0.5) is 0 Å². The number of carbonyl (C=O) groups is 1. The molecule has 100 valence electrons. The monoisotopic (exact) mass is 300 g/mol. The van der Waals surface area contributed by atoms with Crippen LogP contribution in [0.5, 0.6) is 0 Å². The zero-order chi connectivity index (χ0) is 14.0. The Bertz CT molecular complexity index is 534. The molecular formula is C11H12ClN3O3P+. The smallest absolute Gasteiger partial charge is 0.333 e. The largest absolute Gasteiger partial charge is 0.656 e. The molecule has 1 aromatic carbocycles. The van der Waals surface area contributed by atoms with Crippen molar-refractivity contribution in [1.29, 1.82) is 5.41 Å². The number of nitrogens with one attached hydrogen (secondary N) is 1. The number of guanidine groups is 1. The minimum Gasteiger partial charge on any atom is -0.333 e. The third-order valence-electron chi connectivity index (χ3n) is 2.59. The molecule has 2 rings (SSSR count). The lowest BCUT2D eigenvalue weighted by atomic mass is 10.2. The van der Waals surface area contributed by atoms with Crippen molar-refractivity contribution in [2.45, 2.75) is 6.61 Å². The first-order valence-electron chi connectivity index (χ1n) is 5.46. The number of carbonyl (C=O) groups excluding carboxylic acids is 1. The predicted molar refractivity (Wildman–Crippen MR) is 71.1 cm³/mol. The van der Waals surface area contributed by atoms with Gasteiger partial charge in [0, 0.05) is 12.1 Å². The van der Waals surface area contributed by atoms with Gasteiger partial charge in [-0.2, -0.15) is 0 Å². The molecule has 8 heteroatoms. The van der Waals surface area contributed by atoms with Gasteiger partial charge in [0.05, 0.1) is 0 Å². The first-order chi connectivity index (χ1) is 8.99. The maximum atomic E-state index is 11.9. The Labute approximate surface area is 116 Å². The average Bonchev–Trinajstić information content (AvgIpc) is 2.62. The number of rotatable bonds is 4. The molecule has 1 atom stereocenters. The summed E-state index contributed by atoms with van der Waals surface area (Å²) in [5.41, 5.74) is 0.791. The van der Waals surface area contributed by atoms with Gasteiger partial charge in [-0.25, -0.2) is 0 Å². The van der Waals surface area contributed by atoms with Crippen molar-refractivity contribution in [1.82, 2.24) is 9.57 Å². The van der Waals surface area contributed by atoms with Crippen LogP contribution in [0.3, 0.4) is 0 Å². The van der Waals surface area contributed by atoms with Crippen molar-refractivity contribution >= 4 is 31.6 Å². The Morgan fingerprint density at radius 1 is 1.42 bits per heavy atom. The molecule has 1 heterocycles. The second kappa shape index (κ2) is 5.65. The van der Waals surface area contributed by atoms with Gasteiger partial charge in [0.1, 0.15) is 13.2 Å². The fraction of sp³-hybridized carbons (Fsp3) is 0.273. The van der Waals surface area contributed by atoms with E-state index in [1.807, 2.05) is 0 Å². The second-order valence-electron chi connectivity index (χ2n) is 4.02. The van der Waals surface area contributed by atoms with Crippen molar-refractivity contribution in [2.75, 3.05) is 13.6 Å². The zero-order valence-electron chi connectivity index (χ0n) is 10.2. The highest BCUT2D eigenvalue weighted by Crippen LogP contribution is 2.33.